The summed E-state index contributed by atoms with van der Waals surface area (Å²) < 4.78 is 0. The Morgan fingerprint density at radius 2 is 2.41 bits per heavy atom. The molecule has 2 heterocycles. The summed E-state index contributed by atoms with van der Waals surface area (Å²) in [6.45, 7) is 0.695. The molecule has 2 rings (SSSR count). The Morgan fingerprint density at radius 1 is 1.53 bits per heavy atom. The maximum absolute atomic E-state index is 11.0. The standard InChI is InChI=1S/C12H15N3O2/c16-12(17)11-6-2-4-8-15(11)14-9-10-5-1-3-7-13-10/h1,3,5,7,9,11H,2,4,6,8H2,(H,16,17)/b14-9+. The van der Waals surface area contributed by atoms with Crippen molar-refractivity contribution >= 4 is 12.2 Å². The molecular weight excluding hydrogens is 218 g/mol. The Kier molecular flexibility index (Phi) is 3.69. The van der Waals surface area contributed by atoms with Crippen LogP contribution in [0.4, 0.5) is 0 Å². The van der Waals surface area contributed by atoms with E-state index >= 15 is 0 Å². The fourth-order valence-electron chi connectivity index (χ4n) is 1.89. The van der Waals surface area contributed by atoms with E-state index in [0.717, 1.165) is 18.5 Å². The number of aliphatic carboxylic acids is 1. The normalized spacial score (nSPS) is 20.7. The fraction of sp³-hybridized carbons (Fsp3) is 0.417. The molecule has 5 heteroatoms. The van der Waals surface area contributed by atoms with Gasteiger partial charge in [0.15, 0.2) is 0 Å². The number of carboxylic acids is 1. The molecular formula is C12H15N3O2. The lowest BCUT2D eigenvalue weighted by Crippen LogP contribution is -2.41. The Bertz CT molecular complexity index is 405. The number of aromatic nitrogens is 1. The van der Waals surface area contributed by atoms with Crippen LogP contribution in [0.3, 0.4) is 0 Å². The Hall–Kier alpha value is -1.91. The fourth-order valence-corrected chi connectivity index (χ4v) is 1.89. The smallest absolute Gasteiger partial charge is 0.328 e. The Morgan fingerprint density at radius 3 is 3.12 bits per heavy atom. The van der Waals surface area contributed by atoms with Crippen LogP contribution in [0, 0.1) is 0 Å². The van der Waals surface area contributed by atoms with E-state index in [1.807, 2.05) is 18.2 Å². The molecule has 1 unspecified atom stereocenters. The maximum Gasteiger partial charge on any atom is 0.328 e. The average Bonchev–Trinajstić information content (AvgIpc) is 2.38. The van der Waals surface area contributed by atoms with Crippen molar-refractivity contribution in [2.75, 3.05) is 6.54 Å². The van der Waals surface area contributed by atoms with Crippen molar-refractivity contribution in [2.45, 2.75) is 25.3 Å². The quantitative estimate of drug-likeness (QED) is 0.800. The van der Waals surface area contributed by atoms with Crippen LogP contribution in [0.25, 0.3) is 0 Å². The van der Waals surface area contributed by atoms with Gasteiger partial charge in [-0.2, -0.15) is 5.10 Å². The molecule has 0 radical (unpaired) electrons. The summed E-state index contributed by atoms with van der Waals surface area (Å²) in [5.74, 6) is -0.803. The monoisotopic (exact) mass is 233 g/mol. The molecule has 1 N–H and O–H groups in total. The van der Waals surface area contributed by atoms with Gasteiger partial charge in [0.25, 0.3) is 0 Å². The summed E-state index contributed by atoms with van der Waals surface area (Å²) >= 11 is 0. The Balaban J connectivity index is 2.06. The second kappa shape index (κ2) is 5.43. The number of hydrogen-bond acceptors (Lipinski definition) is 4. The molecule has 1 aliphatic rings. The zero-order chi connectivity index (χ0) is 12.1. The Labute approximate surface area is 99.8 Å². The van der Waals surface area contributed by atoms with Crippen LogP contribution in [0.5, 0.6) is 0 Å². The lowest BCUT2D eigenvalue weighted by molar-refractivity contribution is -0.144. The van der Waals surface area contributed by atoms with Gasteiger partial charge in [-0.25, -0.2) is 4.79 Å². The maximum atomic E-state index is 11.0. The molecule has 1 aliphatic heterocycles. The summed E-state index contributed by atoms with van der Waals surface area (Å²) in [6.07, 6.45) is 5.90. The molecule has 1 aromatic heterocycles. The minimum absolute atomic E-state index is 0.497. The van der Waals surface area contributed by atoms with Gasteiger partial charge in [-0.05, 0) is 31.4 Å². The van der Waals surface area contributed by atoms with Gasteiger partial charge in [-0.3, -0.25) is 9.99 Å². The van der Waals surface area contributed by atoms with Crippen LogP contribution in [-0.2, 0) is 4.79 Å². The van der Waals surface area contributed by atoms with E-state index in [1.54, 1.807) is 17.4 Å². The molecule has 17 heavy (non-hydrogen) atoms. The van der Waals surface area contributed by atoms with Crippen molar-refractivity contribution in [2.24, 2.45) is 5.10 Å². The summed E-state index contributed by atoms with van der Waals surface area (Å²) in [5, 5.41) is 14.9. The highest BCUT2D eigenvalue weighted by molar-refractivity contribution is 5.77. The first-order valence-corrected chi connectivity index (χ1v) is 5.72. The molecule has 0 amide bonds. The second-order valence-corrected chi connectivity index (χ2v) is 4.01. The first kappa shape index (κ1) is 11.6. The largest absolute Gasteiger partial charge is 0.480 e. The minimum Gasteiger partial charge on any atom is -0.480 e. The van der Waals surface area contributed by atoms with Crippen LogP contribution in [-0.4, -0.2) is 39.9 Å². The van der Waals surface area contributed by atoms with E-state index in [0.29, 0.717) is 13.0 Å². The van der Waals surface area contributed by atoms with E-state index in [2.05, 4.69) is 10.1 Å². The summed E-state index contributed by atoms with van der Waals surface area (Å²) in [7, 11) is 0. The van der Waals surface area contributed by atoms with Crippen molar-refractivity contribution in [3.05, 3.63) is 30.1 Å². The van der Waals surface area contributed by atoms with E-state index < -0.39 is 12.0 Å². The summed E-state index contributed by atoms with van der Waals surface area (Å²) in [5.41, 5.74) is 0.738. The molecule has 1 saturated heterocycles. The van der Waals surface area contributed by atoms with Crippen LogP contribution in [0.15, 0.2) is 29.5 Å². The summed E-state index contributed by atoms with van der Waals surface area (Å²) in [4.78, 5) is 15.2. The van der Waals surface area contributed by atoms with E-state index in [1.165, 1.54) is 0 Å². The zero-order valence-electron chi connectivity index (χ0n) is 9.49. The van der Waals surface area contributed by atoms with Gasteiger partial charge < -0.3 is 5.11 Å². The number of pyridine rings is 1. The number of carboxylic acid groups (broad SMARTS) is 1. The number of hydrazone groups is 1. The van der Waals surface area contributed by atoms with Gasteiger partial charge in [0.05, 0.1) is 11.9 Å². The molecule has 0 aliphatic carbocycles. The number of carbonyl (C=O) groups is 1. The number of hydrogen-bond donors (Lipinski definition) is 1. The van der Waals surface area contributed by atoms with Gasteiger partial charge in [-0.1, -0.05) is 6.07 Å². The predicted octanol–water partition coefficient (Wildman–Crippen LogP) is 1.35. The first-order valence-electron chi connectivity index (χ1n) is 5.72. The van der Waals surface area contributed by atoms with Gasteiger partial charge in [0, 0.05) is 12.7 Å². The predicted molar refractivity (Wildman–Crippen MR) is 63.8 cm³/mol. The lowest BCUT2D eigenvalue weighted by Gasteiger charge is -2.30. The van der Waals surface area contributed by atoms with E-state index in [4.69, 9.17) is 5.11 Å². The van der Waals surface area contributed by atoms with Gasteiger partial charge in [0.2, 0.25) is 0 Å². The molecule has 0 saturated carbocycles. The third kappa shape index (κ3) is 3.03. The van der Waals surface area contributed by atoms with Crippen molar-refractivity contribution in [1.82, 2.24) is 9.99 Å². The highest BCUT2D eigenvalue weighted by atomic mass is 16.4. The molecule has 0 aromatic carbocycles. The van der Waals surface area contributed by atoms with Crippen LogP contribution >= 0.6 is 0 Å². The highest BCUT2D eigenvalue weighted by Gasteiger charge is 2.27. The topological polar surface area (TPSA) is 65.8 Å². The zero-order valence-corrected chi connectivity index (χ0v) is 9.49. The second-order valence-electron chi connectivity index (χ2n) is 4.01. The third-order valence-corrected chi connectivity index (χ3v) is 2.79. The van der Waals surface area contributed by atoms with Crippen molar-refractivity contribution in [3.63, 3.8) is 0 Å². The molecule has 90 valence electrons. The number of rotatable bonds is 3. The number of piperidine rings is 1. The minimum atomic E-state index is -0.803. The van der Waals surface area contributed by atoms with Crippen LogP contribution in [0.1, 0.15) is 25.0 Å². The van der Waals surface area contributed by atoms with Gasteiger partial charge in [0.1, 0.15) is 6.04 Å². The van der Waals surface area contributed by atoms with Gasteiger partial charge in [-0.15, -0.1) is 0 Å². The molecule has 0 spiro atoms. The first-order chi connectivity index (χ1) is 8.27. The molecule has 0 bridgehead atoms. The van der Waals surface area contributed by atoms with E-state index in [-0.39, 0.29) is 0 Å². The summed E-state index contributed by atoms with van der Waals surface area (Å²) in [6, 6.07) is 5.05. The molecule has 1 atom stereocenters. The molecule has 1 fully saturated rings. The SMILES string of the molecule is O=C(O)C1CCCCN1/N=C/c1ccccn1. The van der Waals surface area contributed by atoms with Crippen molar-refractivity contribution in [1.29, 1.82) is 0 Å². The van der Waals surface area contributed by atoms with Crippen molar-refractivity contribution in [3.8, 4) is 0 Å². The highest BCUT2D eigenvalue weighted by Crippen LogP contribution is 2.17. The van der Waals surface area contributed by atoms with E-state index in [9.17, 15) is 4.79 Å². The third-order valence-electron chi connectivity index (χ3n) is 2.79. The number of nitrogens with zero attached hydrogens (tertiary/aromatic N) is 3. The van der Waals surface area contributed by atoms with Crippen molar-refractivity contribution < 1.29 is 9.90 Å². The van der Waals surface area contributed by atoms with Gasteiger partial charge >= 0.3 is 5.97 Å². The van der Waals surface area contributed by atoms with Crippen LogP contribution < -0.4 is 0 Å². The molecule has 1 aromatic rings. The van der Waals surface area contributed by atoms with Crippen LogP contribution in [0.2, 0.25) is 0 Å². The average molecular weight is 233 g/mol. The lowest BCUT2D eigenvalue weighted by atomic mass is 10.0. The molecule has 5 nitrogen and oxygen atoms in total.